The summed E-state index contributed by atoms with van der Waals surface area (Å²) in [4.78, 5) is 23.7. The van der Waals surface area contributed by atoms with E-state index in [-0.39, 0.29) is 17.1 Å². The molecule has 1 aliphatic rings. The van der Waals surface area contributed by atoms with Gasteiger partial charge in [0.05, 0.1) is 12.1 Å². The van der Waals surface area contributed by atoms with E-state index in [1.54, 1.807) is 6.07 Å². The summed E-state index contributed by atoms with van der Waals surface area (Å²) in [7, 11) is 0. The fraction of sp³-hybridized carbons (Fsp3) is 0.529. The highest BCUT2D eigenvalue weighted by molar-refractivity contribution is 6.49. The van der Waals surface area contributed by atoms with Crippen molar-refractivity contribution in [3.63, 3.8) is 0 Å². The molecular weight excluding hydrogens is 335 g/mol. The fourth-order valence-electron chi connectivity index (χ4n) is 2.56. The summed E-state index contributed by atoms with van der Waals surface area (Å²) in [5.74, 6) is -0.736. The molecule has 2 atom stereocenters. The number of nitrogens with one attached hydrogen (secondary N) is 2. The van der Waals surface area contributed by atoms with Crippen LogP contribution in [0.15, 0.2) is 12.1 Å². The number of aryl methyl sites for hydroxylation is 1. The first kappa shape index (κ1) is 18.4. The Kier molecular flexibility index (Phi) is 5.52. The minimum absolute atomic E-state index is 0.200. The van der Waals surface area contributed by atoms with Crippen LogP contribution in [-0.4, -0.2) is 29.2 Å². The normalized spacial score (nSPS) is 21.5. The van der Waals surface area contributed by atoms with E-state index in [9.17, 15) is 9.59 Å². The molecular formula is C17H22Cl2N2O2. The van der Waals surface area contributed by atoms with Crippen molar-refractivity contribution in [1.82, 2.24) is 10.6 Å². The van der Waals surface area contributed by atoms with E-state index < -0.39 is 12.1 Å². The molecule has 1 fully saturated rings. The predicted octanol–water partition coefficient (Wildman–Crippen LogP) is 3.06. The third-order valence-electron chi connectivity index (χ3n) is 4.45. The van der Waals surface area contributed by atoms with Crippen molar-refractivity contribution in [2.75, 3.05) is 0 Å². The molecule has 0 heterocycles. The zero-order valence-electron chi connectivity index (χ0n) is 13.8. The van der Waals surface area contributed by atoms with Crippen LogP contribution >= 0.6 is 23.2 Å². The van der Waals surface area contributed by atoms with Gasteiger partial charge < -0.3 is 10.6 Å². The third-order valence-corrected chi connectivity index (χ3v) is 5.01. The van der Waals surface area contributed by atoms with E-state index in [0.29, 0.717) is 16.6 Å². The highest BCUT2D eigenvalue weighted by Crippen LogP contribution is 2.26. The highest BCUT2D eigenvalue weighted by Gasteiger charge is 2.50. The average molecular weight is 357 g/mol. The molecule has 0 aromatic heterocycles. The van der Waals surface area contributed by atoms with E-state index in [2.05, 4.69) is 10.6 Å². The molecule has 0 amide bonds. The van der Waals surface area contributed by atoms with Gasteiger partial charge in [0.25, 0.3) is 0 Å². The standard InChI is InChI=1S/C17H22Cl2N2O2/c1-5-17(3,4)21-14-13(15(22)16(14)23)20-8-11-9(2)6-10(18)7-12(11)19/h6-7,13-14,20-21H,5,8H2,1-4H3. The number of hydrogen-bond acceptors (Lipinski definition) is 4. The lowest BCUT2D eigenvalue weighted by Crippen LogP contribution is -2.72. The zero-order valence-corrected chi connectivity index (χ0v) is 15.3. The quantitative estimate of drug-likeness (QED) is 0.769. The highest BCUT2D eigenvalue weighted by atomic mass is 35.5. The summed E-state index contributed by atoms with van der Waals surface area (Å²) < 4.78 is 0. The van der Waals surface area contributed by atoms with E-state index in [1.165, 1.54) is 0 Å². The molecule has 0 saturated heterocycles. The summed E-state index contributed by atoms with van der Waals surface area (Å²) in [5.41, 5.74) is 1.64. The number of benzene rings is 1. The maximum Gasteiger partial charge on any atom is 0.219 e. The van der Waals surface area contributed by atoms with Crippen molar-refractivity contribution in [2.45, 2.75) is 58.3 Å². The molecule has 2 N–H and O–H groups in total. The number of Topliss-reactive ketones (excluding diaryl/α,β-unsaturated/α-hetero) is 2. The molecule has 0 spiro atoms. The molecule has 6 heteroatoms. The van der Waals surface area contributed by atoms with Crippen LogP contribution < -0.4 is 10.6 Å². The van der Waals surface area contributed by atoms with Crippen molar-refractivity contribution in [2.24, 2.45) is 0 Å². The predicted molar refractivity (Wildman–Crippen MR) is 93.1 cm³/mol. The Morgan fingerprint density at radius 3 is 2.30 bits per heavy atom. The molecule has 2 rings (SSSR count). The van der Waals surface area contributed by atoms with Crippen molar-refractivity contribution in [1.29, 1.82) is 0 Å². The van der Waals surface area contributed by atoms with E-state index >= 15 is 0 Å². The van der Waals surface area contributed by atoms with Crippen LogP contribution in [-0.2, 0) is 16.1 Å². The Morgan fingerprint density at radius 2 is 1.74 bits per heavy atom. The second kappa shape index (κ2) is 6.89. The summed E-state index contributed by atoms with van der Waals surface area (Å²) in [6.07, 6.45) is 0.861. The van der Waals surface area contributed by atoms with Gasteiger partial charge in [0, 0.05) is 22.1 Å². The lowest BCUT2D eigenvalue weighted by atomic mass is 9.81. The Hall–Kier alpha value is -0.940. The van der Waals surface area contributed by atoms with Crippen LogP contribution in [0, 0.1) is 6.92 Å². The minimum Gasteiger partial charge on any atom is -0.301 e. The number of carbonyl (C=O) groups is 2. The molecule has 1 saturated carbocycles. The van der Waals surface area contributed by atoms with Gasteiger partial charge in [-0.1, -0.05) is 30.1 Å². The third kappa shape index (κ3) is 3.94. The van der Waals surface area contributed by atoms with Crippen molar-refractivity contribution >= 4 is 34.8 Å². The number of carbonyl (C=O) groups excluding carboxylic acids is 2. The summed E-state index contributed by atoms with van der Waals surface area (Å²) >= 11 is 12.2. The van der Waals surface area contributed by atoms with Crippen LogP contribution in [0.5, 0.6) is 0 Å². The Morgan fingerprint density at radius 1 is 1.13 bits per heavy atom. The first-order valence-corrected chi connectivity index (χ1v) is 8.45. The van der Waals surface area contributed by atoms with Crippen LogP contribution in [0.25, 0.3) is 0 Å². The Labute approximate surface area is 146 Å². The molecule has 0 radical (unpaired) electrons. The number of rotatable bonds is 6. The SMILES string of the molecule is CCC(C)(C)NC1C(=O)C(=O)C1NCc1c(C)cc(Cl)cc1Cl. The van der Waals surface area contributed by atoms with Gasteiger partial charge in [-0.05, 0) is 50.5 Å². The maximum absolute atomic E-state index is 11.9. The molecule has 126 valence electrons. The van der Waals surface area contributed by atoms with Gasteiger partial charge in [0.1, 0.15) is 0 Å². The van der Waals surface area contributed by atoms with Crippen molar-refractivity contribution in [3.8, 4) is 0 Å². The van der Waals surface area contributed by atoms with Crippen LogP contribution in [0.4, 0.5) is 0 Å². The van der Waals surface area contributed by atoms with Crippen LogP contribution in [0.3, 0.4) is 0 Å². The lowest BCUT2D eigenvalue weighted by molar-refractivity contribution is -0.148. The lowest BCUT2D eigenvalue weighted by Gasteiger charge is -2.40. The van der Waals surface area contributed by atoms with Gasteiger partial charge in [0.15, 0.2) is 0 Å². The number of halogens is 2. The first-order valence-electron chi connectivity index (χ1n) is 7.70. The fourth-order valence-corrected chi connectivity index (χ4v) is 3.23. The Balaban J connectivity index is 2.07. The second-order valence-electron chi connectivity index (χ2n) is 6.63. The first-order chi connectivity index (χ1) is 10.7. The van der Waals surface area contributed by atoms with E-state index in [4.69, 9.17) is 23.2 Å². The molecule has 1 aromatic carbocycles. The van der Waals surface area contributed by atoms with Crippen molar-refractivity contribution < 1.29 is 9.59 Å². The van der Waals surface area contributed by atoms with Crippen molar-refractivity contribution in [3.05, 3.63) is 33.3 Å². The van der Waals surface area contributed by atoms with Gasteiger partial charge >= 0.3 is 0 Å². The summed E-state index contributed by atoms with van der Waals surface area (Å²) in [5, 5.41) is 7.55. The monoisotopic (exact) mass is 356 g/mol. The van der Waals surface area contributed by atoms with Gasteiger partial charge in [0.2, 0.25) is 11.6 Å². The molecule has 1 aliphatic carbocycles. The molecule has 0 bridgehead atoms. The largest absolute Gasteiger partial charge is 0.301 e. The van der Waals surface area contributed by atoms with E-state index in [1.807, 2.05) is 33.8 Å². The van der Waals surface area contributed by atoms with Crippen LogP contribution in [0.1, 0.15) is 38.3 Å². The molecule has 23 heavy (non-hydrogen) atoms. The summed E-state index contributed by atoms with van der Waals surface area (Å²) in [6.45, 7) is 8.40. The van der Waals surface area contributed by atoms with Gasteiger partial charge in [-0.15, -0.1) is 0 Å². The van der Waals surface area contributed by atoms with Gasteiger partial charge in [-0.2, -0.15) is 0 Å². The van der Waals surface area contributed by atoms with Gasteiger partial charge in [-0.25, -0.2) is 0 Å². The second-order valence-corrected chi connectivity index (χ2v) is 7.47. The number of hydrogen-bond donors (Lipinski definition) is 2. The van der Waals surface area contributed by atoms with Crippen LogP contribution in [0.2, 0.25) is 10.0 Å². The summed E-state index contributed by atoms with van der Waals surface area (Å²) in [6, 6.07) is 2.51. The zero-order chi connectivity index (χ0) is 17.4. The molecule has 2 unspecified atom stereocenters. The molecule has 1 aromatic rings. The maximum atomic E-state index is 11.9. The average Bonchev–Trinajstić information content (AvgIpc) is 2.47. The number of ketones is 2. The van der Waals surface area contributed by atoms with E-state index in [0.717, 1.165) is 17.5 Å². The molecule has 4 nitrogen and oxygen atoms in total. The Bertz CT molecular complexity index is 620. The smallest absolute Gasteiger partial charge is 0.219 e. The topological polar surface area (TPSA) is 58.2 Å². The van der Waals surface area contributed by atoms with Gasteiger partial charge in [-0.3, -0.25) is 9.59 Å². The minimum atomic E-state index is -0.514. The molecule has 0 aliphatic heterocycles.